The molecule has 0 aliphatic heterocycles. The van der Waals surface area contributed by atoms with Crippen LogP contribution in [0.1, 0.15) is 21.3 Å². The summed E-state index contributed by atoms with van der Waals surface area (Å²) in [5, 5.41) is 5.15. The number of thiocarbonyl (C=S) groups is 1. The van der Waals surface area contributed by atoms with E-state index in [9.17, 15) is 4.79 Å². The molecule has 0 aliphatic rings. The molecule has 68 valence electrons. The van der Waals surface area contributed by atoms with Crippen molar-refractivity contribution in [1.29, 1.82) is 0 Å². The molecule has 0 spiro atoms. The normalized spacial score (nSPS) is 6.18. The summed E-state index contributed by atoms with van der Waals surface area (Å²) in [5.74, 6) is 0.00463. The molecule has 4 heteroatoms. The summed E-state index contributed by atoms with van der Waals surface area (Å²) in [6.45, 7) is 3.31. The van der Waals surface area contributed by atoms with E-state index in [0.29, 0.717) is 0 Å². The molecule has 0 radical (unpaired) electrons. The summed E-state index contributed by atoms with van der Waals surface area (Å²) >= 11 is 4.59. The Bertz CT molecular complexity index is 101. The van der Waals surface area contributed by atoms with Crippen molar-refractivity contribution in [1.82, 2.24) is 10.6 Å². The molecule has 0 aromatic rings. The molecule has 0 atom stereocenters. The zero-order valence-corrected chi connectivity index (χ0v) is 7.63. The molecule has 0 bridgehead atoms. The van der Waals surface area contributed by atoms with Crippen LogP contribution in [0.25, 0.3) is 0 Å². The molecule has 0 fully saturated rings. The summed E-state index contributed by atoms with van der Waals surface area (Å²) in [6.07, 6.45) is 0. The monoisotopic (exact) mass is 178 g/mol. The second kappa shape index (κ2) is 12.1. The van der Waals surface area contributed by atoms with Crippen molar-refractivity contribution in [2.75, 3.05) is 14.1 Å². The van der Waals surface area contributed by atoms with Crippen LogP contribution in [-0.2, 0) is 4.79 Å². The molecule has 11 heavy (non-hydrogen) atoms. The van der Waals surface area contributed by atoms with Gasteiger partial charge in [-0.15, -0.1) is 0 Å². The van der Waals surface area contributed by atoms with Crippen LogP contribution < -0.4 is 10.6 Å². The number of hydrogen-bond donors (Lipinski definition) is 2. The van der Waals surface area contributed by atoms with Crippen LogP contribution >= 0.6 is 12.2 Å². The van der Waals surface area contributed by atoms with Crippen molar-refractivity contribution >= 4 is 23.1 Å². The maximum Gasteiger partial charge on any atom is 0.216 e. The van der Waals surface area contributed by atoms with Gasteiger partial charge in [-0.2, -0.15) is 0 Å². The molecule has 1 amide bonds. The van der Waals surface area contributed by atoms with Crippen molar-refractivity contribution in [3.8, 4) is 0 Å². The Morgan fingerprint density at radius 2 is 1.36 bits per heavy atom. The molecule has 3 nitrogen and oxygen atoms in total. The molecule has 0 aromatic carbocycles. The fourth-order valence-electron chi connectivity index (χ4n) is 0. The Morgan fingerprint density at radius 1 is 1.18 bits per heavy atom. The van der Waals surface area contributed by atoms with Crippen molar-refractivity contribution in [3.05, 3.63) is 0 Å². The Balaban J connectivity index is -0.000000107. The van der Waals surface area contributed by atoms with Crippen LogP contribution in [-0.4, -0.2) is 25.0 Å². The zero-order valence-electron chi connectivity index (χ0n) is 6.82. The van der Waals surface area contributed by atoms with Crippen LogP contribution in [0.5, 0.6) is 0 Å². The highest BCUT2D eigenvalue weighted by Gasteiger charge is 1.72. The first-order chi connectivity index (χ1) is 4.54. The smallest absolute Gasteiger partial charge is 0.216 e. The van der Waals surface area contributed by atoms with Gasteiger partial charge in [-0.1, -0.05) is 19.6 Å². The second-order valence-electron chi connectivity index (χ2n) is 1.61. The van der Waals surface area contributed by atoms with E-state index in [1.165, 1.54) is 6.92 Å². The first kappa shape index (κ1) is 16.8. The topological polar surface area (TPSA) is 41.1 Å². The van der Waals surface area contributed by atoms with Crippen LogP contribution in [0.3, 0.4) is 0 Å². The van der Waals surface area contributed by atoms with E-state index in [2.05, 4.69) is 22.9 Å². The summed E-state index contributed by atoms with van der Waals surface area (Å²) in [4.78, 5) is 10.5. The van der Waals surface area contributed by atoms with Crippen LogP contribution in [0.15, 0.2) is 0 Å². The molecule has 0 saturated carbocycles. The number of carbonyl (C=O) groups excluding carboxylic acids is 1. The minimum atomic E-state index is 0. The Morgan fingerprint density at radius 3 is 1.36 bits per heavy atom. The number of carbonyl (C=O) groups is 1. The highest BCUT2D eigenvalue weighted by Crippen LogP contribution is 1.56. The maximum atomic E-state index is 9.70. The van der Waals surface area contributed by atoms with E-state index in [4.69, 9.17) is 0 Å². The van der Waals surface area contributed by atoms with Crippen molar-refractivity contribution in [2.45, 2.75) is 21.3 Å². The minimum absolute atomic E-state index is 0. The van der Waals surface area contributed by atoms with Crippen molar-refractivity contribution in [2.24, 2.45) is 0 Å². The number of rotatable bonds is 0. The average Bonchev–Trinajstić information content (AvgIpc) is 1.89. The van der Waals surface area contributed by atoms with Crippen LogP contribution in [0.2, 0.25) is 0 Å². The van der Waals surface area contributed by atoms with E-state index in [1.807, 2.05) is 14.0 Å². The third kappa shape index (κ3) is 44.9. The third-order valence-corrected chi connectivity index (χ3v) is 0.908. The number of nitrogens with one attached hydrogen (secondary N) is 2. The van der Waals surface area contributed by atoms with Gasteiger partial charge in [-0.3, -0.25) is 4.79 Å². The van der Waals surface area contributed by atoms with Gasteiger partial charge in [0.25, 0.3) is 0 Å². The van der Waals surface area contributed by atoms with Gasteiger partial charge in [-0.05, 0) is 6.92 Å². The first-order valence-corrected chi connectivity index (χ1v) is 3.32. The van der Waals surface area contributed by atoms with Gasteiger partial charge in [0, 0.05) is 21.0 Å². The Hall–Kier alpha value is -0.640. The highest BCUT2D eigenvalue weighted by molar-refractivity contribution is 7.80. The molecule has 2 N–H and O–H groups in total. The van der Waals surface area contributed by atoms with Crippen LogP contribution in [0.4, 0.5) is 0 Å². The standard InChI is InChI=1S/C3H7NO.C3H7NS.CH4/c2*1-3(5)4-2;/h2*1-2H3,(H,4,5);1H4. The van der Waals surface area contributed by atoms with Gasteiger partial charge < -0.3 is 10.6 Å². The predicted octanol–water partition coefficient (Wildman–Crippen LogP) is 0.942. The lowest BCUT2D eigenvalue weighted by Crippen LogP contribution is -2.11. The van der Waals surface area contributed by atoms with E-state index in [-0.39, 0.29) is 13.3 Å². The highest BCUT2D eigenvalue weighted by atomic mass is 32.1. The predicted molar refractivity (Wildman–Crippen MR) is 53.8 cm³/mol. The van der Waals surface area contributed by atoms with Gasteiger partial charge in [0.1, 0.15) is 0 Å². The Kier molecular flexibility index (Phi) is 18.4. The van der Waals surface area contributed by atoms with Crippen molar-refractivity contribution < 1.29 is 4.79 Å². The van der Waals surface area contributed by atoms with Crippen LogP contribution in [0, 0.1) is 0 Å². The average molecular weight is 178 g/mol. The minimum Gasteiger partial charge on any atom is -0.383 e. The van der Waals surface area contributed by atoms with Gasteiger partial charge in [0.05, 0.1) is 4.99 Å². The lowest BCUT2D eigenvalue weighted by atomic mass is 10.7. The SMILES string of the molecule is C.CNC(C)=O.CNC(C)=S. The summed E-state index contributed by atoms with van der Waals surface area (Å²) in [6, 6.07) is 0. The fourth-order valence-corrected chi connectivity index (χ4v) is 0. The summed E-state index contributed by atoms with van der Waals surface area (Å²) < 4.78 is 0. The molecular formula is C7H18N2OS. The second-order valence-corrected chi connectivity index (χ2v) is 2.22. The summed E-state index contributed by atoms with van der Waals surface area (Å²) in [7, 11) is 3.41. The number of hydrogen-bond acceptors (Lipinski definition) is 2. The van der Waals surface area contributed by atoms with E-state index < -0.39 is 0 Å². The lowest BCUT2D eigenvalue weighted by Gasteiger charge is -1.84. The molecule has 0 rings (SSSR count). The molecule has 0 saturated heterocycles. The summed E-state index contributed by atoms with van der Waals surface area (Å²) in [5.41, 5.74) is 0. The maximum absolute atomic E-state index is 9.70. The molecule has 0 aliphatic carbocycles. The fraction of sp³-hybridized carbons (Fsp3) is 0.714. The zero-order chi connectivity index (χ0) is 8.57. The molecule has 0 unspecified atom stereocenters. The largest absolute Gasteiger partial charge is 0.383 e. The van der Waals surface area contributed by atoms with Gasteiger partial charge in [0.2, 0.25) is 5.91 Å². The quantitative estimate of drug-likeness (QED) is 0.542. The molecule has 0 heterocycles. The third-order valence-electron chi connectivity index (χ3n) is 0.704. The number of amides is 1. The van der Waals surface area contributed by atoms with Gasteiger partial charge in [-0.25, -0.2) is 0 Å². The van der Waals surface area contributed by atoms with Crippen molar-refractivity contribution in [3.63, 3.8) is 0 Å². The van der Waals surface area contributed by atoms with E-state index in [0.717, 1.165) is 4.99 Å². The van der Waals surface area contributed by atoms with E-state index in [1.54, 1.807) is 7.05 Å². The lowest BCUT2D eigenvalue weighted by molar-refractivity contribution is -0.118. The van der Waals surface area contributed by atoms with E-state index >= 15 is 0 Å². The molecular weight excluding hydrogens is 160 g/mol. The first-order valence-electron chi connectivity index (χ1n) is 2.91. The Labute approximate surface area is 74.6 Å². The van der Waals surface area contributed by atoms with Gasteiger partial charge in [0.15, 0.2) is 0 Å². The molecule has 0 aromatic heterocycles. The van der Waals surface area contributed by atoms with Gasteiger partial charge >= 0.3 is 0 Å².